The van der Waals surface area contributed by atoms with Crippen LogP contribution in [0.25, 0.3) is 0 Å². The fourth-order valence-electron chi connectivity index (χ4n) is 1.39. The van der Waals surface area contributed by atoms with Crippen molar-refractivity contribution in [2.75, 3.05) is 17.6 Å². The summed E-state index contributed by atoms with van der Waals surface area (Å²) in [5.74, 6) is -0.976. The lowest BCUT2D eigenvalue weighted by Crippen LogP contribution is -2.18. The first kappa shape index (κ1) is 15.6. The Bertz CT molecular complexity index is 558. The summed E-state index contributed by atoms with van der Waals surface area (Å²) in [5, 5.41) is 8.83. The summed E-state index contributed by atoms with van der Waals surface area (Å²) in [6, 6.07) is 4.54. The average molecular weight is 308 g/mol. The average Bonchev–Trinajstić information content (AvgIpc) is 2.27. The molecule has 0 radical (unpaired) electrons. The molecule has 0 aliphatic rings. The van der Waals surface area contributed by atoms with Gasteiger partial charge in [-0.3, -0.25) is 9.52 Å². The molecule has 0 fully saturated rings. The summed E-state index contributed by atoms with van der Waals surface area (Å²) in [6.07, 6.45) is -0.166. The Kier molecular flexibility index (Phi) is 5.44. The van der Waals surface area contributed by atoms with Crippen LogP contribution in [-0.4, -0.2) is 32.4 Å². The molecule has 0 bridgehead atoms. The second-order valence-corrected chi connectivity index (χ2v) is 6.04. The second kappa shape index (κ2) is 6.63. The molecule has 1 aromatic rings. The highest BCUT2D eigenvalue weighted by atomic mass is 35.5. The lowest BCUT2D eigenvalue weighted by atomic mass is 10.3. The number of sulfonamides is 1. The topological polar surface area (TPSA) is 92.7 Å². The monoisotopic (exact) mass is 307 g/mol. The molecule has 1 rings (SSSR count). The number of nitrogens with one attached hydrogen (secondary N) is 1. The van der Waals surface area contributed by atoms with E-state index in [4.69, 9.17) is 21.4 Å². The largest absolute Gasteiger partial charge is 0.495 e. The third kappa shape index (κ3) is 5.35. The minimum absolute atomic E-state index is 0.0353. The minimum atomic E-state index is -3.63. The van der Waals surface area contributed by atoms with Gasteiger partial charge < -0.3 is 9.84 Å². The summed E-state index contributed by atoms with van der Waals surface area (Å²) in [7, 11) is -2.22. The van der Waals surface area contributed by atoms with E-state index in [0.717, 1.165) is 0 Å². The predicted molar refractivity (Wildman–Crippen MR) is 72.3 cm³/mol. The van der Waals surface area contributed by atoms with Crippen LogP contribution in [0.15, 0.2) is 18.2 Å². The number of ether oxygens (including phenoxy) is 1. The molecule has 6 nitrogen and oxygen atoms in total. The van der Waals surface area contributed by atoms with Gasteiger partial charge in [-0.2, -0.15) is 0 Å². The van der Waals surface area contributed by atoms with Crippen LogP contribution < -0.4 is 9.46 Å². The summed E-state index contributed by atoms with van der Waals surface area (Å²) in [5.41, 5.74) is 0.227. The lowest BCUT2D eigenvalue weighted by molar-refractivity contribution is -0.137. The maximum absolute atomic E-state index is 11.8. The van der Waals surface area contributed by atoms with Crippen molar-refractivity contribution in [2.45, 2.75) is 12.8 Å². The third-order valence-corrected chi connectivity index (χ3v) is 3.82. The van der Waals surface area contributed by atoms with Crippen LogP contribution in [0.2, 0.25) is 5.02 Å². The predicted octanol–water partition coefficient (Wildman–Crippen LogP) is 1.96. The Balaban J connectivity index is 2.77. The minimum Gasteiger partial charge on any atom is -0.495 e. The van der Waals surface area contributed by atoms with Crippen molar-refractivity contribution in [2.24, 2.45) is 0 Å². The normalized spacial score (nSPS) is 11.1. The van der Waals surface area contributed by atoms with Crippen LogP contribution in [0, 0.1) is 0 Å². The molecule has 0 spiro atoms. The molecule has 0 aliphatic carbocycles. The van der Waals surface area contributed by atoms with Crippen molar-refractivity contribution >= 4 is 33.3 Å². The number of benzene rings is 1. The number of hydrogen-bond acceptors (Lipinski definition) is 4. The Hall–Kier alpha value is -1.47. The van der Waals surface area contributed by atoms with Crippen molar-refractivity contribution in [1.29, 1.82) is 0 Å². The smallest absolute Gasteiger partial charge is 0.303 e. The van der Waals surface area contributed by atoms with Crippen LogP contribution in [0.4, 0.5) is 5.69 Å². The summed E-state index contributed by atoms with van der Waals surface area (Å²) in [4.78, 5) is 10.3. The highest BCUT2D eigenvalue weighted by Crippen LogP contribution is 2.28. The van der Waals surface area contributed by atoms with Crippen LogP contribution in [0.1, 0.15) is 12.8 Å². The highest BCUT2D eigenvalue weighted by Gasteiger charge is 2.14. The molecular formula is C11H14ClNO5S. The molecule has 1 aromatic carbocycles. The summed E-state index contributed by atoms with van der Waals surface area (Å²) >= 11 is 5.78. The first-order chi connectivity index (χ1) is 8.84. The molecule has 19 heavy (non-hydrogen) atoms. The molecule has 0 atom stereocenters. The van der Waals surface area contributed by atoms with Gasteiger partial charge >= 0.3 is 5.97 Å². The molecule has 0 unspecified atom stereocenters. The number of hydrogen-bond donors (Lipinski definition) is 2. The number of carboxylic acids is 1. The number of anilines is 1. The SMILES string of the molecule is COc1ccc(Cl)cc1NS(=O)(=O)CCCC(=O)O. The number of carboxylic acid groups (broad SMARTS) is 1. The van der Waals surface area contributed by atoms with E-state index in [1.54, 1.807) is 6.07 Å². The van der Waals surface area contributed by atoms with E-state index in [-0.39, 0.29) is 24.3 Å². The fraction of sp³-hybridized carbons (Fsp3) is 0.364. The Morgan fingerprint density at radius 1 is 1.47 bits per heavy atom. The van der Waals surface area contributed by atoms with Gasteiger partial charge in [0.2, 0.25) is 10.0 Å². The first-order valence-corrected chi connectivity index (χ1v) is 7.43. The van der Waals surface area contributed by atoms with Crippen molar-refractivity contribution in [3.8, 4) is 5.75 Å². The molecule has 106 valence electrons. The van der Waals surface area contributed by atoms with E-state index in [0.29, 0.717) is 10.8 Å². The van der Waals surface area contributed by atoms with Gasteiger partial charge in [-0.25, -0.2) is 8.42 Å². The molecule has 0 amide bonds. The zero-order chi connectivity index (χ0) is 14.5. The van der Waals surface area contributed by atoms with E-state index in [1.165, 1.54) is 19.2 Å². The zero-order valence-corrected chi connectivity index (χ0v) is 11.8. The van der Waals surface area contributed by atoms with E-state index < -0.39 is 16.0 Å². The molecule has 0 heterocycles. The van der Waals surface area contributed by atoms with E-state index in [2.05, 4.69) is 4.72 Å². The van der Waals surface area contributed by atoms with Gasteiger partial charge in [-0.1, -0.05) is 11.6 Å². The number of rotatable bonds is 7. The molecule has 0 saturated heterocycles. The lowest BCUT2D eigenvalue weighted by Gasteiger charge is -2.11. The van der Waals surface area contributed by atoms with Crippen LogP contribution in [0.5, 0.6) is 5.75 Å². The zero-order valence-electron chi connectivity index (χ0n) is 10.2. The van der Waals surface area contributed by atoms with Gasteiger partial charge in [0, 0.05) is 11.4 Å². The number of carbonyl (C=O) groups is 1. The highest BCUT2D eigenvalue weighted by molar-refractivity contribution is 7.92. The first-order valence-electron chi connectivity index (χ1n) is 5.40. The van der Waals surface area contributed by atoms with Crippen LogP contribution >= 0.6 is 11.6 Å². The number of aliphatic carboxylic acids is 1. The standard InChI is InChI=1S/C11H14ClNO5S/c1-18-10-5-4-8(12)7-9(10)13-19(16,17)6-2-3-11(14)15/h4-5,7,13H,2-3,6H2,1H3,(H,14,15). The van der Waals surface area contributed by atoms with Crippen molar-refractivity contribution in [1.82, 2.24) is 0 Å². The van der Waals surface area contributed by atoms with Gasteiger partial charge in [-0.15, -0.1) is 0 Å². The van der Waals surface area contributed by atoms with Gasteiger partial charge in [0.25, 0.3) is 0 Å². The fourth-order valence-corrected chi connectivity index (χ4v) is 2.69. The summed E-state index contributed by atoms with van der Waals surface area (Å²) < 4.78 is 30.8. The van der Waals surface area contributed by atoms with E-state index >= 15 is 0 Å². The van der Waals surface area contributed by atoms with Crippen LogP contribution in [0.3, 0.4) is 0 Å². The maximum Gasteiger partial charge on any atom is 0.303 e. The number of methoxy groups -OCH3 is 1. The van der Waals surface area contributed by atoms with E-state index in [1.807, 2.05) is 0 Å². The van der Waals surface area contributed by atoms with Crippen LogP contribution in [-0.2, 0) is 14.8 Å². The molecule has 8 heteroatoms. The van der Waals surface area contributed by atoms with Crippen molar-refractivity contribution in [3.05, 3.63) is 23.2 Å². The Morgan fingerprint density at radius 2 is 2.16 bits per heavy atom. The molecule has 2 N–H and O–H groups in total. The second-order valence-electron chi connectivity index (χ2n) is 3.76. The number of halogens is 1. The third-order valence-electron chi connectivity index (χ3n) is 2.23. The van der Waals surface area contributed by atoms with Gasteiger partial charge in [0.1, 0.15) is 5.75 Å². The van der Waals surface area contributed by atoms with Gasteiger partial charge in [0.15, 0.2) is 0 Å². The molecule has 0 saturated carbocycles. The quantitative estimate of drug-likeness (QED) is 0.803. The molecule has 0 aliphatic heterocycles. The maximum atomic E-state index is 11.8. The Morgan fingerprint density at radius 3 is 2.74 bits per heavy atom. The summed E-state index contributed by atoms with van der Waals surface area (Å²) in [6.45, 7) is 0. The molecule has 0 aromatic heterocycles. The van der Waals surface area contributed by atoms with Gasteiger partial charge in [0.05, 0.1) is 18.6 Å². The van der Waals surface area contributed by atoms with Crippen molar-refractivity contribution in [3.63, 3.8) is 0 Å². The molecular weight excluding hydrogens is 294 g/mol. The van der Waals surface area contributed by atoms with E-state index in [9.17, 15) is 13.2 Å². The Labute approximate surface area is 116 Å². The van der Waals surface area contributed by atoms with Gasteiger partial charge in [-0.05, 0) is 24.6 Å². The van der Waals surface area contributed by atoms with Crippen molar-refractivity contribution < 1.29 is 23.1 Å².